The predicted octanol–water partition coefficient (Wildman–Crippen LogP) is 0.652. The fourth-order valence-corrected chi connectivity index (χ4v) is 2.05. The van der Waals surface area contributed by atoms with Gasteiger partial charge in [0.2, 0.25) is 0 Å². The number of hydrogen-bond donors (Lipinski definition) is 3. The summed E-state index contributed by atoms with van der Waals surface area (Å²) in [6.07, 6.45) is 0.910. The lowest BCUT2D eigenvalue weighted by molar-refractivity contribution is -0.139. The molecule has 1 rings (SSSR count). The molecule has 18 heavy (non-hydrogen) atoms. The molecule has 0 saturated carbocycles. The Labute approximate surface area is 107 Å². The summed E-state index contributed by atoms with van der Waals surface area (Å²) < 4.78 is 0. The molecule has 6 nitrogen and oxygen atoms in total. The van der Waals surface area contributed by atoms with Crippen molar-refractivity contribution in [3.05, 3.63) is 0 Å². The highest BCUT2D eigenvalue weighted by Crippen LogP contribution is 2.20. The van der Waals surface area contributed by atoms with Crippen molar-refractivity contribution in [3.63, 3.8) is 0 Å². The number of amides is 2. The van der Waals surface area contributed by atoms with E-state index in [0.717, 1.165) is 0 Å². The molecule has 0 aromatic carbocycles. The summed E-state index contributed by atoms with van der Waals surface area (Å²) in [4.78, 5) is 24.4. The molecular formula is C12H22N2O4. The van der Waals surface area contributed by atoms with Crippen LogP contribution in [0.1, 0.15) is 33.6 Å². The molecule has 0 aromatic rings. The highest BCUT2D eigenvalue weighted by atomic mass is 16.4. The summed E-state index contributed by atoms with van der Waals surface area (Å²) in [5.74, 6) is -0.837. The van der Waals surface area contributed by atoms with Crippen LogP contribution in [-0.2, 0) is 4.79 Å². The number of β-amino-alcohol motifs (C(OH)–C–C–N with tert-alkyl or cyclic N) is 1. The number of carboxylic acids is 1. The molecule has 1 fully saturated rings. The topological polar surface area (TPSA) is 89.9 Å². The van der Waals surface area contributed by atoms with Crippen LogP contribution in [0.3, 0.4) is 0 Å². The lowest BCUT2D eigenvalue weighted by Crippen LogP contribution is -2.48. The Morgan fingerprint density at radius 2 is 2.06 bits per heavy atom. The summed E-state index contributed by atoms with van der Waals surface area (Å²) in [6.45, 7) is 6.17. The number of urea groups is 1. The average molecular weight is 258 g/mol. The minimum Gasteiger partial charge on any atom is -0.480 e. The minimum absolute atomic E-state index is 0.188. The van der Waals surface area contributed by atoms with Crippen molar-refractivity contribution in [1.82, 2.24) is 10.2 Å². The lowest BCUT2D eigenvalue weighted by Gasteiger charge is -2.23. The van der Waals surface area contributed by atoms with E-state index >= 15 is 0 Å². The maximum Gasteiger partial charge on any atom is 0.326 e. The van der Waals surface area contributed by atoms with Gasteiger partial charge in [-0.05, 0) is 25.7 Å². The van der Waals surface area contributed by atoms with Gasteiger partial charge in [-0.25, -0.2) is 9.59 Å². The molecule has 0 bridgehead atoms. The van der Waals surface area contributed by atoms with Crippen LogP contribution < -0.4 is 5.32 Å². The van der Waals surface area contributed by atoms with Gasteiger partial charge in [-0.2, -0.15) is 0 Å². The van der Waals surface area contributed by atoms with E-state index in [9.17, 15) is 14.7 Å². The number of aliphatic hydroxyl groups is 1. The van der Waals surface area contributed by atoms with Crippen LogP contribution in [0.25, 0.3) is 0 Å². The van der Waals surface area contributed by atoms with Gasteiger partial charge in [-0.15, -0.1) is 0 Å². The Kier molecular flexibility index (Phi) is 4.56. The number of likely N-dealkylation sites (tertiary alicyclic amines) is 1. The Balaban J connectivity index is 2.54. The summed E-state index contributed by atoms with van der Waals surface area (Å²) in [5, 5.41) is 21.3. The summed E-state index contributed by atoms with van der Waals surface area (Å²) >= 11 is 0. The van der Waals surface area contributed by atoms with E-state index < -0.39 is 23.6 Å². The van der Waals surface area contributed by atoms with Crippen molar-refractivity contribution >= 4 is 12.0 Å². The summed E-state index contributed by atoms with van der Waals surface area (Å²) in [6, 6.07) is -1.29. The first-order valence-corrected chi connectivity index (χ1v) is 6.22. The van der Waals surface area contributed by atoms with E-state index in [4.69, 9.17) is 5.11 Å². The second-order valence-corrected chi connectivity index (χ2v) is 5.64. The molecular weight excluding hydrogens is 236 g/mol. The third kappa shape index (κ3) is 4.18. The van der Waals surface area contributed by atoms with E-state index in [2.05, 4.69) is 5.32 Å². The third-order valence-electron chi connectivity index (χ3n) is 3.04. The van der Waals surface area contributed by atoms with Crippen molar-refractivity contribution in [3.8, 4) is 0 Å². The fourth-order valence-electron chi connectivity index (χ4n) is 2.05. The first kappa shape index (κ1) is 14.8. The molecule has 6 heteroatoms. The number of rotatable bonds is 4. The van der Waals surface area contributed by atoms with Crippen LogP contribution in [0, 0.1) is 5.92 Å². The number of hydrogen-bond acceptors (Lipinski definition) is 3. The molecule has 1 aliphatic rings. The summed E-state index contributed by atoms with van der Waals surface area (Å²) in [5.41, 5.74) is -0.867. The van der Waals surface area contributed by atoms with Crippen molar-refractivity contribution in [2.75, 3.05) is 13.1 Å². The lowest BCUT2D eigenvalue weighted by atomic mass is 10.0. The quantitative estimate of drug-likeness (QED) is 0.690. The Morgan fingerprint density at radius 3 is 2.44 bits per heavy atom. The second-order valence-electron chi connectivity index (χ2n) is 5.64. The van der Waals surface area contributed by atoms with Gasteiger partial charge < -0.3 is 20.4 Å². The van der Waals surface area contributed by atoms with Crippen LogP contribution in [0.15, 0.2) is 0 Å². The SMILES string of the molecule is CC(C)C[C@@H](NC(=O)N1CCC(C)(O)C1)C(=O)O. The highest BCUT2D eigenvalue weighted by molar-refractivity contribution is 5.82. The molecule has 1 saturated heterocycles. The van der Waals surface area contributed by atoms with Gasteiger partial charge in [-0.1, -0.05) is 13.8 Å². The molecule has 0 radical (unpaired) electrons. The van der Waals surface area contributed by atoms with Gasteiger partial charge in [-0.3, -0.25) is 0 Å². The van der Waals surface area contributed by atoms with Gasteiger partial charge in [0.15, 0.2) is 0 Å². The smallest absolute Gasteiger partial charge is 0.326 e. The van der Waals surface area contributed by atoms with E-state index in [-0.39, 0.29) is 12.5 Å². The molecule has 1 unspecified atom stereocenters. The zero-order chi connectivity index (χ0) is 13.9. The van der Waals surface area contributed by atoms with Crippen molar-refractivity contribution in [2.24, 2.45) is 5.92 Å². The number of carbonyl (C=O) groups is 2. The maximum atomic E-state index is 11.9. The standard InChI is InChI=1S/C12H22N2O4/c1-8(2)6-9(10(15)16)13-11(17)14-5-4-12(3,18)7-14/h8-9,18H,4-7H2,1-3H3,(H,13,17)(H,15,16)/t9-,12?/m1/s1. The number of nitrogens with zero attached hydrogens (tertiary/aromatic N) is 1. The zero-order valence-electron chi connectivity index (χ0n) is 11.1. The number of carboxylic acid groups (broad SMARTS) is 1. The second kappa shape index (κ2) is 5.56. The van der Waals surface area contributed by atoms with E-state index in [1.54, 1.807) is 6.92 Å². The van der Waals surface area contributed by atoms with Gasteiger partial charge in [0.05, 0.1) is 12.1 Å². The molecule has 3 N–H and O–H groups in total. The van der Waals surface area contributed by atoms with Gasteiger partial charge in [0.25, 0.3) is 0 Å². The molecule has 2 atom stereocenters. The monoisotopic (exact) mass is 258 g/mol. The predicted molar refractivity (Wildman–Crippen MR) is 66.2 cm³/mol. The Bertz CT molecular complexity index is 328. The molecule has 104 valence electrons. The van der Waals surface area contributed by atoms with Crippen LogP contribution in [0.2, 0.25) is 0 Å². The van der Waals surface area contributed by atoms with Crippen LogP contribution >= 0.6 is 0 Å². The zero-order valence-corrected chi connectivity index (χ0v) is 11.1. The first-order valence-electron chi connectivity index (χ1n) is 6.22. The van der Waals surface area contributed by atoms with Crippen molar-refractivity contribution < 1.29 is 19.8 Å². The number of nitrogens with one attached hydrogen (secondary N) is 1. The molecule has 1 heterocycles. The molecule has 0 aliphatic carbocycles. The van der Waals surface area contributed by atoms with Crippen LogP contribution in [0.5, 0.6) is 0 Å². The first-order chi connectivity index (χ1) is 8.21. The van der Waals surface area contributed by atoms with Gasteiger partial charge in [0.1, 0.15) is 6.04 Å². The van der Waals surface area contributed by atoms with Crippen molar-refractivity contribution in [1.29, 1.82) is 0 Å². The summed E-state index contributed by atoms with van der Waals surface area (Å²) in [7, 11) is 0. The van der Waals surface area contributed by atoms with Crippen molar-refractivity contribution in [2.45, 2.75) is 45.3 Å². The fraction of sp³-hybridized carbons (Fsp3) is 0.833. The Hall–Kier alpha value is -1.30. The van der Waals surface area contributed by atoms with Crippen LogP contribution in [-0.4, -0.2) is 51.8 Å². The molecule has 1 aliphatic heterocycles. The number of carbonyl (C=O) groups excluding carboxylic acids is 1. The molecule has 0 spiro atoms. The Morgan fingerprint density at radius 1 is 1.44 bits per heavy atom. The van der Waals surface area contributed by atoms with E-state index in [1.165, 1.54) is 4.90 Å². The largest absolute Gasteiger partial charge is 0.480 e. The maximum absolute atomic E-state index is 11.9. The van der Waals surface area contributed by atoms with E-state index in [0.29, 0.717) is 19.4 Å². The number of aliphatic carboxylic acids is 1. The van der Waals surface area contributed by atoms with Crippen LogP contribution in [0.4, 0.5) is 4.79 Å². The molecule has 2 amide bonds. The van der Waals surface area contributed by atoms with E-state index in [1.807, 2.05) is 13.8 Å². The minimum atomic E-state index is -1.02. The normalized spacial score (nSPS) is 25.3. The third-order valence-corrected chi connectivity index (χ3v) is 3.04. The highest BCUT2D eigenvalue weighted by Gasteiger charge is 2.35. The molecule has 0 aromatic heterocycles. The van der Waals surface area contributed by atoms with Gasteiger partial charge >= 0.3 is 12.0 Å². The average Bonchev–Trinajstić information content (AvgIpc) is 2.57. The van der Waals surface area contributed by atoms with Gasteiger partial charge in [0, 0.05) is 6.54 Å².